The Bertz CT molecular complexity index is 692. The van der Waals surface area contributed by atoms with Gasteiger partial charge in [0.2, 0.25) is 0 Å². The Labute approximate surface area is 114 Å². The fourth-order valence-corrected chi connectivity index (χ4v) is 1.77. The van der Waals surface area contributed by atoms with Crippen molar-refractivity contribution in [1.29, 1.82) is 0 Å². The van der Waals surface area contributed by atoms with Gasteiger partial charge < -0.3 is 11.1 Å². The number of aryl methyl sites for hydroxylation is 2. The predicted octanol–water partition coefficient (Wildman–Crippen LogP) is 1.47. The Kier molecular flexibility index (Phi) is 3.38. The van der Waals surface area contributed by atoms with Gasteiger partial charge in [-0.25, -0.2) is 0 Å². The first-order chi connectivity index (χ1) is 9.38. The van der Waals surface area contributed by atoms with Crippen LogP contribution in [0.3, 0.4) is 0 Å². The third kappa shape index (κ3) is 2.58. The molecule has 0 fully saturated rings. The summed E-state index contributed by atoms with van der Waals surface area (Å²) in [4.78, 5) is 22.3. The molecule has 3 N–H and O–H groups in total. The zero-order valence-electron chi connectivity index (χ0n) is 11.0. The van der Waals surface area contributed by atoms with E-state index in [9.17, 15) is 14.9 Å². The number of aromatic nitrogens is 2. The number of non-ortho nitro benzene ring substituents is 1. The van der Waals surface area contributed by atoms with Crippen molar-refractivity contribution in [3.8, 4) is 0 Å². The van der Waals surface area contributed by atoms with Crippen LogP contribution in [0.1, 0.15) is 16.1 Å². The molecule has 1 aromatic carbocycles. The van der Waals surface area contributed by atoms with Crippen LogP contribution in [-0.2, 0) is 7.05 Å². The van der Waals surface area contributed by atoms with Crippen LogP contribution in [0.15, 0.2) is 24.3 Å². The number of nitrogens with one attached hydrogen (secondary N) is 1. The van der Waals surface area contributed by atoms with Gasteiger partial charge in [-0.15, -0.1) is 0 Å². The molecule has 0 atom stereocenters. The molecule has 0 radical (unpaired) electrons. The van der Waals surface area contributed by atoms with E-state index in [2.05, 4.69) is 10.4 Å². The van der Waals surface area contributed by atoms with Crippen molar-refractivity contribution in [2.75, 3.05) is 11.1 Å². The van der Waals surface area contributed by atoms with Crippen LogP contribution in [0.5, 0.6) is 0 Å². The van der Waals surface area contributed by atoms with E-state index in [4.69, 9.17) is 5.73 Å². The van der Waals surface area contributed by atoms with Gasteiger partial charge in [-0.2, -0.15) is 5.10 Å². The van der Waals surface area contributed by atoms with E-state index in [1.54, 1.807) is 20.0 Å². The predicted molar refractivity (Wildman–Crippen MR) is 73.4 cm³/mol. The fourth-order valence-electron chi connectivity index (χ4n) is 1.77. The molecule has 1 amide bonds. The van der Waals surface area contributed by atoms with E-state index in [1.807, 2.05) is 0 Å². The summed E-state index contributed by atoms with van der Waals surface area (Å²) in [5.74, 6) is -0.0346. The number of carbonyl (C=O) groups is 1. The summed E-state index contributed by atoms with van der Waals surface area (Å²) in [6, 6.07) is 5.42. The number of hydrogen-bond donors (Lipinski definition) is 2. The van der Waals surface area contributed by atoms with E-state index in [1.165, 1.54) is 16.8 Å². The lowest BCUT2D eigenvalue weighted by Gasteiger charge is -2.07. The van der Waals surface area contributed by atoms with Gasteiger partial charge in [0, 0.05) is 30.9 Å². The Hall–Kier alpha value is -2.90. The fraction of sp³-hybridized carbons (Fsp3) is 0.167. The van der Waals surface area contributed by atoms with E-state index in [0.29, 0.717) is 5.82 Å². The Morgan fingerprint density at radius 1 is 1.45 bits per heavy atom. The number of nitro groups is 1. The first kappa shape index (κ1) is 13.5. The van der Waals surface area contributed by atoms with Gasteiger partial charge in [0.1, 0.15) is 5.82 Å². The molecule has 0 aliphatic rings. The van der Waals surface area contributed by atoms with Crippen molar-refractivity contribution in [2.24, 2.45) is 7.05 Å². The van der Waals surface area contributed by atoms with Crippen LogP contribution in [0.4, 0.5) is 17.2 Å². The number of hydrogen-bond acceptors (Lipinski definition) is 5. The van der Waals surface area contributed by atoms with Crippen molar-refractivity contribution in [1.82, 2.24) is 9.78 Å². The quantitative estimate of drug-likeness (QED) is 0.500. The van der Waals surface area contributed by atoms with Crippen LogP contribution in [0.25, 0.3) is 0 Å². The molecule has 0 aliphatic carbocycles. The molecule has 0 saturated carbocycles. The molecule has 104 valence electrons. The molecule has 0 saturated heterocycles. The number of amides is 1. The highest BCUT2D eigenvalue weighted by atomic mass is 16.6. The number of rotatable bonds is 3. The third-order valence-corrected chi connectivity index (χ3v) is 2.74. The van der Waals surface area contributed by atoms with Crippen molar-refractivity contribution in [3.63, 3.8) is 0 Å². The molecule has 2 aromatic rings. The Morgan fingerprint density at radius 3 is 2.70 bits per heavy atom. The van der Waals surface area contributed by atoms with Gasteiger partial charge in [0.15, 0.2) is 0 Å². The molecule has 0 bridgehead atoms. The summed E-state index contributed by atoms with van der Waals surface area (Å²) in [5, 5.41) is 17.4. The lowest BCUT2D eigenvalue weighted by atomic mass is 10.1. The van der Waals surface area contributed by atoms with Crippen LogP contribution in [-0.4, -0.2) is 20.6 Å². The normalized spacial score (nSPS) is 10.3. The van der Waals surface area contributed by atoms with E-state index < -0.39 is 10.8 Å². The number of anilines is 2. The highest BCUT2D eigenvalue weighted by Crippen LogP contribution is 2.21. The maximum Gasteiger partial charge on any atom is 0.270 e. The lowest BCUT2D eigenvalue weighted by Crippen LogP contribution is -2.16. The van der Waals surface area contributed by atoms with E-state index >= 15 is 0 Å². The Balaban J connectivity index is 2.31. The van der Waals surface area contributed by atoms with Gasteiger partial charge in [-0.3, -0.25) is 19.6 Å². The zero-order valence-corrected chi connectivity index (χ0v) is 11.0. The number of nitrogens with zero attached hydrogens (tertiary/aromatic N) is 3. The highest BCUT2D eigenvalue weighted by Gasteiger charge is 2.16. The van der Waals surface area contributed by atoms with Crippen LogP contribution < -0.4 is 11.1 Å². The van der Waals surface area contributed by atoms with Gasteiger partial charge >= 0.3 is 0 Å². The monoisotopic (exact) mass is 275 g/mol. The largest absolute Gasteiger partial charge is 0.398 e. The smallest absolute Gasteiger partial charge is 0.270 e. The molecule has 1 heterocycles. The number of carbonyl (C=O) groups excluding carboxylic acids is 1. The number of nitrogens with two attached hydrogens (primary N) is 1. The molecule has 0 spiro atoms. The standard InChI is InChI=1S/C12H13N5O3/c1-7-5-11(16(2)15-7)14-12(18)9-6-8(17(19)20)3-4-10(9)13/h3-6H,13H2,1-2H3,(H,14,18). The lowest BCUT2D eigenvalue weighted by molar-refractivity contribution is -0.384. The van der Waals surface area contributed by atoms with Gasteiger partial charge in [-0.1, -0.05) is 0 Å². The van der Waals surface area contributed by atoms with Crippen LogP contribution in [0, 0.1) is 17.0 Å². The summed E-state index contributed by atoms with van der Waals surface area (Å²) < 4.78 is 1.50. The first-order valence-electron chi connectivity index (χ1n) is 5.74. The van der Waals surface area contributed by atoms with Crippen molar-refractivity contribution in [3.05, 3.63) is 45.6 Å². The van der Waals surface area contributed by atoms with Crippen molar-refractivity contribution < 1.29 is 9.72 Å². The highest BCUT2D eigenvalue weighted by molar-refractivity contribution is 6.07. The second kappa shape index (κ2) is 5.00. The second-order valence-electron chi connectivity index (χ2n) is 4.28. The number of benzene rings is 1. The molecular formula is C12H13N5O3. The van der Waals surface area contributed by atoms with Crippen LogP contribution >= 0.6 is 0 Å². The third-order valence-electron chi connectivity index (χ3n) is 2.74. The zero-order chi connectivity index (χ0) is 14.9. The summed E-state index contributed by atoms with van der Waals surface area (Å²) in [6.07, 6.45) is 0. The average Bonchev–Trinajstić information content (AvgIpc) is 2.67. The molecule has 8 heteroatoms. The summed E-state index contributed by atoms with van der Waals surface area (Å²) >= 11 is 0. The van der Waals surface area contributed by atoms with Crippen molar-refractivity contribution >= 4 is 23.1 Å². The molecule has 0 unspecified atom stereocenters. The Morgan fingerprint density at radius 2 is 2.15 bits per heavy atom. The second-order valence-corrected chi connectivity index (χ2v) is 4.28. The first-order valence-corrected chi connectivity index (χ1v) is 5.74. The summed E-state index contributed by atoms with van der Waals surface area (Å²) in [6.45, 7) is 1.79. The van der Waals surface area contributed by atoms with Gasteiger partial charge in [0.25, 0.3) is 11.6 Å². The minimum absolute atomic E-state index is 0.0538. The average molecular weight is 275 g/mol. The summed E-state index contributed by atoms with van der Waals surface area (Å²) in [7, 11) is 1.68. The van der Waals surface area contributed by atoms with E-state index in [0.717, 1.165) is 11.8 Å². The van der Waals surface area contributed by atoms with Crippen molar-refractivity contribution in [2.45, 2.75) is 6.92 Å². The maximum atomic E-state index is 12.1. The number of nitro benzene ring substituents is 1. The maximum absolute atomic E-state index is 12.1. The van der Waals surface area contributed by atoms with Crippen LogP contribution in [0.2, 0.25) is 0 Å². The molecule has 20 heavy (non-hydrogen) atoms. The topological polar surface area (TPSA) is 116 Å². The summed E-state index contributed by atoms with van der Waals surface area (Å²) in [5.41, 5.74) is 6.46. The molecule has 2 rings (SSSR count). The van der Waals surface area contributed by atoms with Gasteiger partial charge in [0.05, 0.1) is 16.2 Å². The number of nitrogen functional groups attached to an aromatic ring is 1. The molecular weight excluding hydrogens is 262 g/mol. The molecule has 8 nitrogen and oxygen atoms in total. The molecule has 0 aliphatic heterocycles. The molecule has 1 aromatic heterocycles. The van der Waals surface area contributed by atoms with Gasteiger partial charge in [-0.05, 0) is 13.0 Å². The SMILES string of the molecule is Cc1cc(NC(=O)c2cc([N+](=O)[O-])ccc2N)n(C)n1. The van der Waals surface area contributed by atoms with E-state index in [-0.39, 0.29) is 16.9 Å². The minimum Gasteiger partial charge on any atom is -0.398 e. The minimum atomic E-state index is -0.579.